The number of rotatable bonds is 5. The number of nitro groups is 1. The van der Waals surface area contributed by atoms with Crippen molar-refractivity contribution in [3.05, 3.63) is 39.4 Å². The summed E-state index contributed by atoms with van der Waals surface area (Å²) in [4.78, 5) is 33.4. The molecule has 0 atom stereocenters. The summed E-state index contributed by atoms with van der Waals surface area (Å²) in [6.45, 7) is 2.42. The van der Waals surface area contributed by atoms with E-state index in [4.69, 9.17) is 6.42 Å². The third-order valence-electron chi connectivity index (χ3n) is 2.66. The lowest BCUT2D eigenvalue weighted by molar-refractivity contribution is -0.385. The normalized spacial score (nSPS) is 9.52. The van der Waals surface area contributed by atoms with Crippen LogP contribution in [0.4, 0.5) is 10.5 Å². The number of urea groups is 1. The number of benzene rings is 1. The number of carbonyl (C=O) groups is 2. The molecule has 0 saturated carbocycles. The van der Waals surface area contributed by atoms with Crippen LogP contribution < -0.4 is 10.6 Å². The first-order valence-corrected chi connectivity index (χ1v) is 6.33. The van der Waals surface area contributed by atoms with E-state index in [2.05, 4.69) is 16.6 Å². The zero-order valence-electron chi connectivity index (χ0n) is 11.5. The Bertz CT molecular complexity index is 605. The molecule has 0 aromatic heterocycles. The number of imide groups is 1. The van der Waals surface area contributed by atoms with Crippen molar-refractivity contribution in [3.63, 3.8) is 0 Å². The van der Waals surface area contributed by atoms with Crippen LogP contribution in [0.5, 0.6) is 0 Å². The highest BCUT2D eigenvalue weighted by atomic mass is 16.6. The molecule has 0 heterocycles. The van der Waals surface area contributed by atoms with E-state index in [-0.39, 0.29) is 16.8 Å². The third-order valence-corrected chi connectivity index (χ3v) is 2.66. The van der Waals surface area contributed by atoms with E-state index in [9.17, 15) is 19.7 Å². The first-order chi connectivity index (χ1) is 9.99. The van der Waals surface area contributed by atoms with Crippen molar-refractivity contribution in [1.29, 1.82) is 0 Å². The number of terminal acetylenes is 1. The predicted octanol–water partition coefficient (Wildman–Crippen LogP) is 1.82. The number of hydrogen-bond acceptors (Lipinski definition) is 4. The van der Waals surface area contributed by atoms with Crippen molar-refractivity contribution in [3.8, 4) is 12.3 Å². The van der Waals surface area contributed by atoms with Crippen LogP contribution in [0.1, 0.15) is 35.7 Å². The van der Waals surface area contributed by atoms with Gasteiger partial charge in [0.25, 0.3) is 11.6 Å². The average Bonchev–Trinajstić information content (AvgIpc) is 2.46. The van der Waals surface area contributed by atoms with Crippen molar-refractivity contribution in [2.45, 2.75) is 19.8 Å². The van der Waals surface area contributed by atoms with E-state index in [1.807, 2.05) is 6.92 Å². The summed E-state index contributed by atoms with van der Waals surface area (Å²) in [6, 6.07) is 3.03. The first-order valence-electron chi connectivity index (χ1n) is 6.33. The molecule has 0 spiro atoms. The average molecular weight is 289 g/mol. The van der Waals surface area contributed by atoms with E-state index in [0.29, 0.717) is 6.54 Å². The highest BCUT2D eigenvalue weighted by Crippen LogP contribution is 2.19. The highest BCUT2D eigenvalue weighted by molar-refractivity contribution is 6.04. The van der Waals surface area contributed by atoms with Gasteiger partial charge in [0, 0.05) is 18.2 Å². The maximum Gasteiger partial charge on any atom is 0.321 e. The fraction of sp³-hybridized carbons (Fsp3) is 0.286. The van der Waals surface area contributed by atoms with Gasteiger partial charge < -0.3 is 5.32 Å². The van der Waals surface area contributed by atoms with Gasteiger partial charge in [-0.25, -0.2) is 4.79 Å². The Balaban J connectivity index is 2.79. The standard InChI is InChI=1S/C14H15N3O4/c1-3-5-8-15-14(19)16-13(18)11-7-6-10(4-2)12(9-11)17(20)21/h2,6-7,9H,3,5,8H2,1H3,(H2,15,16,18,19). The lowest BCUT2D eigenvalue weighted by Crippen LogP contribution is -2.39. The number of amides is 3. The summed E-state index contributed by atoms with van der Waals surface area (Å²) >= 11 is 0. The predicted molar refractivity (Wildman–Crippen MR) is 76.8 cm³/mol. The van der Waals surface area contributed by atoms with Gasteiger partial charge in [0.05, 0.1) is 4.92 Å². The van der Waals surface area contributed by atoms with Gasteiger partial charge in [-0.2, -0.15) is 0 Å². The van der Waals surface area contributed by atoms with Gasteiger partial charge in [-0.15, -0.1) is 6.42 Å². The molecular weight excluding hydrogens is 274 g/mol. The lowest BCUT2D eigenvalue weighted by atomic mass is 10.1. The zero-order valence-corrected chi connectivity index (χ0v) is 11.5. The van der Waals surface area contributed by atoms with E-state index in [1.165, 1.54) is 12.1 Å². The van der Waals surface area contributed by atoms with E-state index in [1.54, 1.807) is 0 Å². The van der Waals surface area contributed by atoms with Crippen LogP contribution in [-0.2, 0) is 0 Å². The molecule has 21 heavy (non-hydrogen) atoms. The smallest absolute Gasteiger partial charge is 0.321 e. The molecule has 1 rings (SSSR count). The first kappa shape index (κ1) is 16.2. The third kappa shape index (κ3) is 4.62. The van der Waals surface area contributed by atoms with Crippen LogP contribution in [0.2, 0.25) is 0 Å². The Labute approximate surface area is 121 Å². The molecule has 0 aliphatic rings. The van der Waals surface area contributed by atoms with Crippen molar-refractivity contribution >= 4 is 17.6 Å². The van der Waals surface area contributed by atoms with Gasteiger partial charge >= 0.3 is 6.03 Å². The van der Waals surface area contributed by atoms with Crippen LogP contribution >= 0.6 is 0 Å². The summed E-state index contributed by atoms with van der Waals surface area (Å²) in [6.07, 6.45) is 6.85. The zero-order chi connectivity index (χ0) is 15.8. The Morgan fingerprint density at radius 3 is 2.71 bits per heavy atom. The van der Waals surface area contributed by atoms with Crippen LogP contribution in [0.15, 0.2) is 18.2 Å². The van der Waals surface area contributed by atoms with Crippen molar-refractivity contribution < 1.29 is 14.5 Å². The Hall–Kier alpha value is -2.88. The van der Waals surface area contributed by atoms with Crippen LogP contribution in [0.3, 0.4) is 0 Å². The second-order valence-corrected chi connectivity index (χ2v) is 4.20. The maximum absolute atomic E-state index is 11.8. The Morgan fingerprint density at radius 1 is 1.43 bits per heavy atom. The Morgan fingerprint density at radius 2 is 2.14 bits per heavy atom. The molecule has 0 saturated heterocycles. The second kappa shape index (κ2) is 7.65. The van der Waals surface area contributed by atoms with Gasteiger partial charge in [-0.1, -0.05) is 19.3 Å². The molecule has 0 aliphatic heterocycles. The summed E-state index contributed by atoms with van der Waals surface area (Å²) in [5, 5.41) is 15.5. The van der Waals surface area contributed by atoms with Crippen molar-refractivity contribution in [2.75, 3.05) is 6.54 Å². The minimum absolute atomic E-state index is 0.00802. The minimum atomic E-state index is -0.726. The molecule has 0 fully saturated rings. The molecule has 0 unspecified atom stereocenters. The van der Waals surface area contributed by atoms with Gasteiger partial charge in [-0.05, 0) is 18.6 Å². The van der Waals surface area contributed by atoms with Crippen molar-refractivity contribution in [2.24, 2.45) is 0 Å². The Kier molecular flexibility index (Phi) is 5.89. The molecule has 1 aromatic carbocycles. The van der Waals surface area contributed by atoms with E-state index in [0.717, 1.165) is 18.9 Å². The van der Waals surface area contributed by atoms with E-state index >= 15 is 0 Å². The fourth-order valence-electron chi connectivity index (χ4n) is 1.54. The van der Waals surface area contributed by atoms with Gasteiger partial charge in [-0.3, -0.25) is 20.2 Å². The second-order valence-electron chi connectivity index (χ2n) is 4.20. The van der Waals surface area contributed by atoms with Gasteiger partial charge in [0.2, 0.25) is 0 Å². The monoisotopic (exact) mass is 289 g/mol. The lowest BCUT2D eigenvalue weighted by Gasteiger charge is -2.06. The van der Waals surface area contributed by atoms with Crippen molar-refractivity contribution in [1.82, 2.24) is 10.6 Å². The molecule has 110 valence electrons. The summed E-state index contributed by atoms with van der Waals surface area (Å²) in [5.41, 5.74) is -0.285. The minimum Gasteiger partial charge on any atom is -0.338 e. The molecule has 7 nitrogen and oxygen atoms in total. The molecule has 1 aromatic rings. The largest absolute Gasteiger partial charge is 0.338 e. The number of unbranched alkanes of at least 4 members (excludes halogenated alkanes) is 1. The molecule has 3 amide bonds. The summed E-state index contributed by atoms with van der Waals surface area (Å²) in [5.74, 6) is 1.44. The van der Waals surface area contributed by atoms with Gasteiger partial charge in [0.1, 0.15) is 5.56 Å². The molecule has 0 bridgehead atoms. The van der Waals surface area contributed by atoms with Crippen LogP contribution in [-0.4, -0.2) is 23.4 Å². The molecule has 2 N–H and O–H groups in total. The molecular formula is C14H15N3O4. The highest BCUT2D eigenvalue weighted by Gasteiger charge is 2.17. The quantitative estimate of drug-likeness (QED) is 0.373. The van der Waals surface area contributed by atoms with E-state index < -0.39 is 16.9 Å². The number of carbonyl (C=O) groups excluding carboxylic acids is 2. The number of nitrogens with one attached hydrogen (secondary N) is 2. The number of nitrogens with zero attached hydrogens (tertiary/aromatic N) is 1. The number of hydrogen-bond donors (Lipinski definition) is 2. The van der Waals surface area contributed by atoms with Crippen LogP contribution in [0.25, 0.3) is 0 Å². The molecule has 0 radical (unpaired) electrons. The van der Waals surface area contributed by atoms with Gasteiger partial charge in [0.15, 0.2) is 0 Å². The molecule has 0 aliphatic carbocycles. The van der Waals surface area contributed by atoms with Crippen LogP contribution in [0, 0.1) is 22.5 Å². The maximum atomic E-state index is 11.8. The SMILES string of the molecule is C#Cc1ccc(C(=O)NC(=O)NCCCC)cc1[N+](=O)[O-]. The number of nitro benzene ring substituents is 1. The summed E-state index contributed by atoms with van der Waals surface area (Å²) in [7, 11) is 0. The topological polar surface area (TPSA) is 101 Å². The summed E-state index contributed by atoms with van der Waals surface area (Å²) < 4.78 is 0. The molecule has 7 heteroatoms. The fourth-order valence-corrected chi connectivity index (χ4v) is 1.54.